The first-order valence-corrected chi connectivity index (χ1v) is 7.57. The van der Waals surface area contributed by atoms with Crippen molar-refractivity contribution in [3.63, 3.8) is 0 Å². The molecule has 0 radical (unpaired) electrons. The minimum atomic E-state index is -0.904. The number of nitrogens with one attached hydrogen (secondary N) is 3. The molecule has 0 unspecified atom stereocenters. The largest absolute Gasteiger partial charge is 0.481 e. The molecule has 0 spiro atoms. The third-order valence-electron chi connectivity index (χ3n) is 3.15. The Labute approximate surface area is 135 Å². The molecule has 0 saturated carbocycles. The Morgan fingerprint density at radius 1 is 1.09 bits per heavy atom. The van der Waals surface area contributed by atoms with Gasteiger partial charge in [0.15, 0.2) is 0 Å². The van der Waals surface area contributed by atoms with Crippen molar-refractivity contribution in [3.05, 3.63) is 35.9 Å². The Kier molecular flexibility index (Phi) is 8.20. The molecule has 1 aromatic rings. The molecule has 0 aliphatic carbocycles. The number of benzene rings is 1. The summed E-state index contributed by atoms with van der Waals surface area (Å²) >= 11 is 0. The summed E-state index contributed by atoms with van der Waals surface area (Å²) in [5.74, 6) is -1.17. The van der Waals surface area contributed by atoms with Crippen LogP contribution in [0.3, 0.4) is 0 Å². The fourth-order valence-corrected chi connectivity index (χ4v) is 1.88. The number of urea groups is 1. The van der Waals surface area contributed by atoms with E-state index in [-0.39, 0.29) is 18.9 Å². The molecule has 23 heavy (non-hydrogen) atoms. The summed E-state index contributed by atoms with van der Waals surface area (Å²) in [4.78, 5) is 33.7. The maximum Gasteiger partial charge on any atom is 0.315 e. The number of hydrogen-bond acceptors (Lipinski definition) is 3. The van der Waals surface area contributed by atoms with Crippen LogP contribution in [-0.4, -0.2) is 42.1 Å². The van der Waals surface area contributed by atoms with E-state index in [0.29, 0.717) is 13.0 Å². The van der Waals surface area contributed by atoms with E-state index >= 15 is 0 Å². The number of hydrogen-bond donors (Lipinski definition) is 4. The van der Waals surface area contributed by atoms with E-state index < -0.39 is 18.0 Å². The minimum Gasteiger partial charge on any atom is -0.481 e. The van der Waals surface area contributed by atoms with Gasteiger partial charge in [0.2, 0.25) is 5.91 Å². The number of carbonyl (C=O) groups excluding carboxylic acids is 2. The molecule has 0 aliphatic heterocycles. The molecule has 0 aliphatic rings. The standard InChI is InChI=1S/C16H23N3O4/c1-12(19-16(23)18-10-5-8-14(20)21)15(22)17-11-9-13-6-3-2-4-7-13/h2-4,6-7,12H,5,8-11H2,1H3,(H,17,22)(H,20,21)(H2,18,19,23)/t12-/m0/s1. The van der Waals surface area contributed by atoms with Crippen LogP contribution in [0.2, 0.25) is 0 Å². The minimum absolute atomic E-state index is 0.00416. The number of carboxylic acids is 1. The Morgan fingerprint density at radius 3 is 2.43 bits per heavy atom. The van der Waals surface area contributed by atoms with Gasteiger partial charge in [0.05, 0.1) is 0 Å². The highest BCUT2D eigenvalue weighted by Gasteiger charge is 2.14. The van der Waals surface area contributed by atoms with Gasteiger partial charge in [-0.25, -0.2) is 4.79 Å². The van der Waals surface area contributed by atoms with Gasteiger partial charge in [-0.1, -0.05) is 30.3 Å². The predicted octanol–water partition coefficient (Wildman–Crippen LogP) is 0.898. The lowest BCUT2D eigenvalue weighted by atomic mass is 10.1. The van der Waals surface area contributed by atoms with Gasteiger partial charge in [-0.2, -0.15) is 0 Å². The zero-order valence-corrected chi connectivity index (χ0v) is 13.2. The normalized spacial score (nSPS) is 11.3. The van der Waals surface area contributed by atoms with Crippen molar-refractivity contribution < 1.29 is 19.5 Å². The first-order valence-electron chi connectivity index (χ1n) is 7.57. The molecule has 0 saturated heterocycles. The van der Waals surface area contributed by atoms with Gasteiger partial charge in [0, 0.05) is 19.5 Å². The van der Waals surface area contributed by atoms with Crippen LogP contribution in [0.1, 0.15) is 25.3 Å². The predicted molar refractivity (Wildman–Crippen MR) is 86.0 cm³/mol. The molecule has 7 nitrogen and oxygen atoms in total. The molecule has 7 heteroatoms. The Bertz CT molecular complexity index is 519. The molecule has 0 heterocycles. The average molecular weight is 321 g/mol. The topological polar surface area (TPSA) is 108 Å². The van der Waals surface area contributed by atoms with Crippen LogP contribution in [-0.2, 0) is 16.0 Å². The van der Waals surface area contributed by atoms with Gasteiger partial charge >= 0.3 is 12.0 Å². The van der Waals surface area contributed by atoms with Crippen LogP contribution in [0, 0.1) is 0 Å². The van der Waals surface area contributed by atoms with Crippen molar-refractivity contribution in [1.82, 2.24) is 16.0 Å². The monoisotopic (exact) mass is 321 g/mol. The zero-order valence-electron chi connectivity index (χ0n) is 13.2. The van der Waals surface area contributed by atoms with Gasteiger partial charge < -0.3 is 21.1 Å². The first kappa shape index (κ1) is 18.5. The quantitative estimate of drug-likeness (QED) is 0.507. The highest BCUT2D eigenvalue weighted by Crippen LogP contribution is 1.98. The summed E-state index contributed by atoms with van der Waals surface area (Å²) in [6, 6.07) is 8.64. The summed E-state index contributed by atoms with van der Waals surface area (Å²) < 4.78 is 0. The van der Waals surface area contributed by atoms with E-state index in [1.165, 1.54) is 0 Å². The third kappa shape index (κ3) is 8.45. The van der Waals surface area contributed by atoms with Crippen molar-refractivity contribution in [1.29, 1.82) is 0 Å². The molecule has 1 aromatic carbocycles. The number of carbonyl (C=O) groups is 3. The first-order chi connectivity index (χ1) is 11.0. The highest BCUT2D eigenvalue weighted by molar-refractivity contribution is 5.86. The van der Waals surface area contributed by atoms with Crippen molar-refractivity contribution in [2.75, 3.05) is 13.1 Å². The maximum absolute atomic E-state index is 11.9. The third-order valence-corrected chi connectivity index (χ3v) is 3.15. The molecule has 0 aromatic heterocycles. The van der Waals surface area contributed by atoms with Crippen molar-refractivity contribution in [2.45, 2.75) is 32.2 Å². The fraction of sp³-hybridized carbons (Fsp3) is 0.438. The maximum atomic E-state index is 11.9. The molecule has 4 N–H and O–H groups in total. The molecule has 0 fully saturated rings. The second-order valence-electron chi connectivity index (χ2n) is 5.15. The van der Waals surface area contributed by atoms with Crippen LogP contribution in [0.4, 0.5) is 4.79 Å². The number of aliphatic carboxylic acids is 1. The van der Waals surface area contributed by atoms with E-state index in [1.807, 2.05) is 30.3 Å². The van der Waals surface area contributed by atoms with E-state index in [0.717, 1.165) is 12.0 Å². The van der Waals surface area contributed by atoms with Gasteiger partial charge in [-0.3, -0.25) is 9.59 Å². The van der Waals surface area contributed by atoms with E-state index in [1.54, 1.807) is 6.92 Å². The van der Waals surface area contributed by atoms with Crippen LogP contribution < -0.4 is 16.0 Å². The molecular weight excluding hydrogens is 298 g/mol. The fourth-order valence-electron chi connectivity index (χ4n) is 1.88. The number of amides is 3. The lowest BCUT2D eigenvalue weighted by Crippen LogP contribution is -2.48. The lowest BCUT2D eigenvalue weighted by Gasteiger charge is -2.14. The number of rotatable bonds is 9. The molecule has 0 bridgehead atoms. The SMILES string of the molecule is C[C@H](NC(=O)NCCCC(=O)O)C(=O)NCCc1ccccc1. The van der Waals surface area contributed by atoms with Crippen molar-refractivity contribution >= 4 is 17.9 Å². The van der Waals surface area contributed by atoms with Crippen LogP contribution in [0.25, 0.3) is 0 Å². The Balaban J connectivity index is 2.17. The highest BCUT2D eigenvalue weighted by atomic mass is 16.4. The van der Waals surface area contributed by atoms with E-state index in [4.69, 9.17) is 5.11 Å². The molecule has 126 valence electrons. The lowest BCUT2D eigenvalue weighted by molar-refractivity contribution is -0.137. The second kappa shape index (κ2) is 10.2. The molecule has 1 atom stereocenters. The van der Waals surface area contributed by atoms with Crippen LogP contribution in [0.15, 0.2) is 30.3 Å². The van der Waals surface area contributed by atoms with Gasteiger partial charge in [-0.05, 0) is 25.3 Å². The summed E-state index contributed by atoms with van der Waals surface area (Å²) in [7, 11) is 0. The average Bonchev–Trinajstić information content (AvgIpc) is 2.52. The van der Waals surface area contributed by atoms with Gasteiger partial charge in [0.25, 0.3) is 0 Å². The summed E-state index contributed by atoms with van der Waals surface area (Å²) in [5, 5.41) is 16.3. The zero-order chi connectivity index (χ0) is 17.1. The van der Waals surface area contributed by atoms with Crippen molar-refractivity contribution in [3.8, 4) is 0 Å². The molecular formula is C16H23N3O4. The molecule has 1 rings (SSSR count). The van der Waals surface area contributed by atoms with Gasteiger partial charge in [0.1, 0.15) is 6.04 Å². The van der Waals surface area contributed by atoms with Crippen molar-refractivity contribution in [2.24, 2.45) is 0 Å². The molecule has 3 amide bonds. The Hall–Kier alpha value is -2.57. The summed E-state index contributed by atoms with van der Waals surface area (Å²) in [6.45, 7) is 2.34. The smallest absolute Gasteiger partial charge is 0.315 e. The Morgan fingerprint density at radius 2 is 1.78 bits per heavy atom. The second-order valence-corrected chi connectivity index (χ2v) is 5.15. The van der Waals surface area contributed by atoms with Crippen LogP contribution >= 0.6 is 0 Å². The van der Waals surface area contributed by atoms with E-state index in [2.05, 4.69) is 16.0 Å². The van der Waals surface area contributed by atoms with Gasteiger partial charge in [-0.15, -0.1) is 0 Å². The summed E-state index contributed by atoms with van der Waals surface area (Å²) in [5.41, 5.74) is 1.13. The summed E-state index contributed by atoms with van der Waals surface area (Å²) in [6.07, 6.45) is 1.07. The number of carboxylic acid groups (broad SMARTS) is 1. The van der Waals surface area contributed by atoms with Crippen LogP contribution in [0.5, 0.6) is 0 Å². The van der Waals surface area contributed by atoms with E-state index in [9.17, 15) is 14.4 Å².